The summed E-state index contributed by atoms with van der Waals surface area (Å²) in [6.07, 6.45) is 3.15. The summed E-state index contributed by atoms with van der Waals surface area (Å²) in [5.74, 6) is -0.251. The van der Waals surface area contributed by atoms with E-state index < -0.39 is 0 Å². The van der Waals surface area contributed by atoms with Gasteiger partial charge in [-0.25, -0.2) is 0 Å². The largest absolute Gasteiger partial charge is 0.469 e. The second-order valence-corrected chi connectivity index (χ2v) is 6.72. The number of nitrogens with one attached hydrogen (secondary N) is 1. The van der Waals surface area contributed by atoms with Crippen LogP contribution in [0.25, 0.3) is 0 Å². The number of amides is 2. The van der Waals surface area contributed by atoms with Gasteiger partial charge in [0.2, 0.25) is 11.8 Å². The van der Waals surface area contributed by atoms with Gasteiger partial charge in [-0.3, -0.25) is 19.3 Å². The van der Waals surface area contributed by atoms with Crippen LogP contribution in [0, 0.1) is 11.8 Å². The van der Waals surface area contributed by atoms with Crippen LogP contribution in [-0.4, -0.2) is 74.0 Å². The molecule has 2 rings (SSSR count). The highest BCUT2D eigenvalue weighted by Crippen LogP contribution is 2.29. The molecule has 1 aliphatic carbocycles. The lowest BCUT2D eigenvalue weighted by Crippen LogP contribution is -2.50. The molecule has 0 bridgehead atoms. The molecule has 2 atom stereocenters. The molecule has 0 unspecified atom stereocenters. The summed E-state index contributed by atoms with van der Waals surface area (Å²) in [7, 11) is 1.40. The predicted octanol–water partition coefficient (Wildman–Crippen LogP) is 0.246. The van der Waals surface area contributed by atoms with Gasteiger partial charge < -0.3 is 15.0 Å². The molecule has 2 aliphatic rings. The molecule has 0 spiro atoms. The Hall–Kier alpha value is -1.63. The summed E-state index contributed by atoms with van der Waals surface area (Å²) in [5, 5.41) is 3.00. The number of esters is 1. The van der Waals surface area contributed by atoms with Crippen molar-refractivity contribution in [2.24, 2.45) is 11.8 Å². The van der Waals surface area contributed by atoms with Crippen molar-refractivity contribution in [3.05, 3.63) is 0 Å². The van der Waals surface area contributed by atoms with Crippen LogP contribution in [0.3, 0.4) is 0 Å². The van der Waals surface area contributed by atoms with Gasteiger partial charge in [0.05, 0.1) is 13.0 Å². The Kier molecular flexibility index (Phi) is 7.02. The fourth-order valence-corrected chi connectivity index (χ4v) is 3.58. The Bertz CT molecular complexity index is 461. The Morgan fingerprint density at radius 3 is 2.38 bits per heavy atom. The maximum atomic E-state index is 12.3. The second-order valence-electron chi connectivity index (χ2n) is 6.72. The van der Waals surface area contributed by atoms with Crippen LogP contribution in [0.4, 0.5) is 0 Å². The average Bonchev–Trinajstić information content (AvgIpc) is 2.61. The molecular weight excluding hydrogens is 310 g/mol. The minimum absolute atomic E-state index is 0.0472. The summed E-state index contributed by atoms with van der Waals surface area (Å²) >= 11 is 0. The summed E-state index contributed by atoms with van der Waals surface area (Å²) < 4.78 is 4.80. The zero-order valence-corrected chi connectivity index (χ0v) is 14.8. The summed E-state index contributed by atoms with van der Waals surface area (Å²) in [6, 6.07) is 0. The van der Waals surface area contributed by atoms with Crippen molar-refractivity contribution in [3.8, 4) is 0 Å². The quantitative estimate of drug-likeness (QED) is 0.726. The Morgan fingerprint density at radius 1 is 1.08 bits per heavy atom. The molecule has 0 aromatic rings. The van der Waals surface area contributed by atoms with Crippen molar-refractivity contribution < 1.29 is 19.1 Å². The molecule has 7 nitrogen and oxygen atoms in total. The van der Waals surface area contributed by atoms with E-state index in [0.29, 0.717) is 13.0 Å². The molecule has 1 heterocycles. The fourth-order valence-electron chi connectivity index (χ4n) is 3.58. The smallest absolute Gasteiger partial charge is 0.308 e. The van der Waals surface area contributed by atoms with Crippen LogP contribution in [-0.2, 0) is 19.1 Å². The highest BCUT2D eigenvalue weighted by Gasteiger charge is 2.31. The normalized spacial score (nSPS) is 25.2. The van der Waals surface area contributed by atoms with Gasteiger partial charge in [0.25, 0.3) is 0 Å². The zero-order valence-electron chi connectivity index (χ0n) is 14.8. The SMILES string of the molecule is COC(=O)[C@H]1CCC[C@@H](C(=O)NCCN2CCN(C(C)=O)CC2)C1. The summed E-state index contributed by atoms with van der Waals surface area (Å²) in [6.45, 7) is 6.22. The summed E-state index contributed by atoms with van der Waals surface area (Å²) in [4.78, 5) is 39.4. The van der Waals surface area contributed by atoms with E-state index in [-0.39, 0.29) is 29.6 Å². The second kappa shape index (κ2) is 9.01. The molecule has 24 heavy (non-hydrogen) atoms. The Labute approximate surface area is 143 Å². The van der Waals surface area contributed by atoms with Crippen LogP contribution < -0.4 is 5.32 Å². The lowest BCUT2D eigenvalue weighted by molar-refractivity contribution is -0.147. The third-order valence-corrected chi connectivity index (χ3v) is 5.12. The van der Waals surface area contributed by atoms with Crippen molar-refractivity contribution in [1.82, 2.24) is 15.1 Å². The third kappa shape index (κ3) is 5.19. The minimum Gasteiger partial charge on any atom is -0.469 e. The first-order valence-electron chi connectivity index (χ1n) is 8.84. The Morgan fingerprint density at radius 2 is 1.75 bits per heavy atom. The first-order chi connectivity index (χ1) is 11.5. The number of nitrogens with zero attached hydrogens (tertiary/aromatic N) is 2. The van der Waals surface area contributed by atoms with Gasteiger partial charge in [0.15, 0.2) is 0 Å². The molecule has 1 aliphatic heterocycles. The average molecular weight is 339 g/mol. The molecule has 0 radical (unpaired) electrons. The van der Waals surface area contributed by atoms with Crippen molar-refractivity contribution in [1.29, 1.82) is 0 Å². The molecule has 1 saturated carbocycles. The molecule has 7 heteroatoms. The number of ether oxygens (including phenoxy) is 1. The first kappa shape index (κ1) is 18.7. The van der Waals surface area contributed by atoms with Gasteiger partial charge in [0, 0.05) is 52.1 Å². The third-order valence-electron chi connectivity index (χ3n) is 5.12. The van der Waals surface area contributed by atoms with E-state index in [9.17, 15) is 14.4 Å². The van der Waals surface area contributed by atoms with Crippen molar-refractivity contribution in [2.45, 2.75) is 32.6 Å². The first-order valence-corrected chi connectivity index (χ1v) is 8.84. The highest BCUT2D eigenvalue weighted by molar-refractivity contribution is 5.80. The molecule has 2 fully saturated rings. The molecule has 2 amide bonds. The number of carbonyl (C=O) groups excluding carboxylic acids is 3. The van der Waals surface area contributed by atoms with E-state index in [4.69, 9.17) is 4.74 Å². The van der Waals surface area contributed by atoms with Crippen molar-refractivity contribution >= 4 is 17.8 Å². The monoisotopic (exact) mass is 339 g/mol. The van der Waals surface area contributed by atoms with Gasteiger partial charge in [0.1, 0.15) is 0 Å². The molecule has 0 aromatic heterocycles. The number of hydrogen-bond acceptors (Lipinski definition) is 5. The van der Waals surface area contributed by atoms with Crippen LogP contribution in [0.2, 0.25) is 0 Å². The van der Waals surface area contributed by atoms with E-state index in [1.165, 1.54) is 7.11 Å². The lowest BCUT2D eigenvalue weighted by atomic mass is 9.81. The van der Waals surface area contributed by atoms with Crippen LogP contribution >= 0.6 is 0 Å². The minimum atomic E-state index is -0.198. The highest BCUT2D eigenvalue weighted by atomic mass is 16.5. The van der Waals surface area contributed by atoms with E-state index in [2.05, 4.69) is 10.2 Å². The molecule has 0 aromatic carbocycles. The standard InChI is InChI=1S/C17H29N3O4/c1-13(21)20-10-8-19(9-11-20)7-6-18-16(22)14-4-3-5-15(12-14)17(23)24-2/h14-15H,3-12H2,1-2H3,(H,18,22)/t14-,15+/m1/s1. The maximum absolute atomic E-state index is 12.3. The van der Waals surface area contributed by atoms with E-state index in [0.717, 1.165) is 52.0 Å². The van der Waals surface area contributed by atoms with Crippen molar-refractivity contribution in [2.75, 3.05) is 46.4 Å². The number of carbonyl (C=O) groups is 3. The number of piperazine rings is 1. The number of hydrogen-bond donors (Lipinski definition) is 1. The predicted molar refractivity (Wildman–Crippen MR) is 89.2 cm³/mol. The number of methoxy groups -OCH3 is 1. The van der Waals surface area contributed by atoms with E-state index in [1.54, 1.807) is 6.92 Å². The zero-order chi connectivity index (χ0) is 17.5. The maximum Gasteiger partial charge on any atom is 0.308 e. The van der Waals surface area contributed by atoms with Crippen LogP contribution in [0.15, 0.2) is 0 Å². The fraction of sp³-hybridized carbons (Fsp3) is 0.824. The van der Waals surface area contributed by atoms with E-state index >= 15 is 0 Å². The van der Waals surface area contributed by atoms with Gasteiger partial charge in [-0.15, -0.1) is 0 Å². The van der Waals surface area contributed by atoms with Gasteiger partial charge in [-0.1, -0.05) is 6.42 Å². The molecule has 136 valence electrons. The van der Waals surface area contributed by atoms with E-state index in [1.807, 2.05) is 4.90 Å². The lowest BCUT2D eigenvalue weighted by Gasteiger charge is -2.34. The summed E-state index contributed by atoms with van der Waals surface area (Å²) in [5.41, 5.74) is 0. The van der Waals surface area contributed by atoms with Gasteiger partial charge in [-0.2, -0.15) is 0 Å². The molecular formula is C17H29N3O4. The van der Waals surface area contributed by atoms with Gasteiger partial charge in [-0.05, 0) is 19.3 Å². The molecule has 1 N–H and O–H groups in total. The van der Waals surface area contributed by atoms with Crippen LogP contribution in [0.1, 0.15) is 32.6 Å². The topological polar surface area (TPSA) is 79.0 Å². The molecule has 1 saturated heterocycles. The number of rotatable bonds is 5. The van der Waals surface area contributed by atoms with Gasteiger partial charge >= 0.3 is 5.97 Å². The Balaban J connectivity index is 1.66. The van der Waals surface area contributed by atoms with Crippen LogP contribution in [0.5, 0.6) is 0 Å². The van der Waals surface area contributed by atoms with Crippen molar-refractivity contribution in [3.63, 3.8) is 0 Å².